The first-order valence-electron chi connectivity index (χ1n) is 5.28. The second-order valence-electron chi connectivity index (χ2n) is 3.67. The van der Waals surface area contributed by atoms with Crippen LogP contribution >= 0.6 is 35.1 Å². The Bertz CT molecular complexity index is 289. The quantitative estimate of drug-likeness (QED) is 0.577. The lowest BCUT2D eigenvalue weighted by molar-refractivity contribution is 0.968. The Morgan fingerprint density at radius 2 is 2.27 bits per heavy atom. The number of hydrogen-bond donors (Lipinski definition) is 0. The number of hydrogen-bond acceptors (Lipinski definition) is 2. The molecule has 0 aliphatic carbocycles. The molecule has 2 rings (SSSR count). The zero-order valence-corrected chi connectivity index (χ0v) is 11.0. The highest BCUT2D eigenvalue weighted by Gasteiger charge is 2.21. The van der Waals surface area contributed by atoms with E-state index in [1.807, 2.05) is 23.5 Å². The molecule has 0 aromatic heterocycles. The van der Waals surface area contributed by atoms with Crippen LogP contribution in [-0.4, -0.2) is 22.6 Å². The van der Waals surface area contributed by atoms with Crippen LogP contribution in [0.2, 0.25) is 0 Å². The third-order valence-electron chi connectivity index (χ3n) is 2.44. The molecule has 0 spiro atoms. The molecule has 0 saturated heterocycles. The van der Waals surface area contributed by atoms with E-state index < -0.39 is 0 Å². The maximum absolute atomic E-state index is 5.65. The molecule has 1 aromatic rings. The van der Waals surface area contributed by atoms with Gasteiger partial charge in [-0.3, -0.25) is 0 Å². The van der Waals surface area contributed by atoms with Crippen molar-refractivity contribution in [1.82, 2.24) is 0 Å². The van der Waals surface area contributed by atoms with Crippen LogP contribution in [0.5, 0.6) is 0 Å². The number of alkyl halides is 1. The lowest BCUT2D eigenvalue weighted by Crippen LogP contribution is -2.04. The molecule has 1 aliphatic rings. The van der Waals surface area contributed by atoms with Gasteiger partial charge in [0.15, 0.2) is 0 Å². The van der Waals surface area contributed by atoms with Crippen molar-refractivity contribution in [2.45, 2.75) is 23.0 Å². The van der Waals surface area contributed by atoms with Crippen molar-refractivity contribution in [2.24, 2.45) is 0 Å². The summed E-state index contributed by atoms with van der Waals surface area (Å²) in [5.74, 6) is 3.26. The number of halogens is 1. The first-order chi connectivity index (χ1) is 7.40. The van der Waals surface area contributed by atoms with E-state index in [-0.39, 0.29) is 0 Å². The zero-order chi connectivity index (χ0) is 10.5. The summed E-state index contributed by atoms with van der Waals surface area (Å²) < 4.78 is 0. The Kier molecular flexibility index (Phi) is 4.73. The molecule has 15 heavy (non-hydrogen) atoms. The van der Waals surface area contributed by atoms with E-state index in [4.69, 9.17) is 11.6 Å². The molecular weight excluding hydrogens is 244 g/mol. The monoisotopic (exact) mass is 258 g/mol. The summed E-state index contributed by atoms with van der Waals surface area (Å²) in [6, 6.07) is 8.77. The molecule has 0 nitrogen and oxygen atoms in total. The van der Waals surface area contributed by atoms with E-state index in [0.29, 0.717) is 0 Å². The van der Waals surface area contributed by atoms with E-state index in [9.17, 15) is 0 Å². The van der Waals surface area contributed by atoms with Crippen LogP contribution in [0.25, 0.3) is 0 Å². The maximum Gasteiger partial charge on any atom is 0.0231 e. The average molecular weight is 259 g/mol. The van der Waals surface area contributed by atoms with Gasteiger partial charge in [-0.2, -0.15) is 11.8 Å². The van der Waals surface area contributed by atoms with Gasteiger partial charge in [-0.25, -0.2) is 0 Å². The smallest absolute Gasteiger partial charge is 0.0231 e. The van der Waals surface area contributed by atoms with E-state index in [0.717, 1.165) is 17.6 Å². The van der Waals surface area contributed by atoms with Crippen LogP contribution in [0.15, 0.2) is 29.2 Å². The summed E-state index contributed by atoms with van der Waals surface area (Å²) in [5.41, 5.74) is 1.53. The lowest BCUT2D eigenvalue weighted by atomic mass is 10.1. The van der Waals surface area contributed by atoms with Gasteiger partial charge in [-0.05, 0) is 30.2 Å². The summed E-state index contributed by atoms with van der Waals surface area (Å²) >= 11 is 9.73. The minimum absolute atomic E-state index is 0.780. The topological polar surface area (TPSA) is 0 Å². The Balaban J connectivity index is 1.76. The molecule has 0 amide bonds. The van der Waals surface area contributed by atoms with Gasteiger partial charge in [-0.15, -0.1) is 23.4 Å². The number of fused-ring (bicyclic) bond motifs is 1. The van der Waals surface area contributed by atoms with Gasteiger partial charge in [0.1, 0.15) is 0 Å². The van der Waals surface area contributed by atoms with E-state index in [1.165, 1.54) is 28.4 Å². The van der Waals surface area contributed by atoms with Crippen LogP contribution in [-0.2, 0) is 6.42 Å². The molecule has 1 aliphatic heterocycles. The number of rotatable bonds is 5. The molecule has 1 unspecified atom stereocenters. The SMILES string of the molecule is ClCCCSCC1Cc2ccccc2S1. The van der Waals surface area contributed by atoms with Gasteiger partial charge in [0, 0.05) is 21.8 Å². The van der Waals surface area contributed by atoms with Crippen LogP contribution in [0.1, 0.15) is 12.0 Å². The lowest BCUT2D eigenvalue weighted by Gasteiger charge is -2.06. The molecule has 0 saturated carbocycles. The highest BCUT2D eigenvalue weighted by molar-refractivity contribution is 8.03. The van der Waals surface area contributed by atoms with Crippen LogP contribution in [0, 0.1) is 0 Å². The van der Waals surface area contributed by atoms with Crippen molar-refractivity contribution in [1.29, 1.82) is 0 Å². The van der Waals surface area contributed by atoms with Crippen molar-refractivity contribution in [2.75, 3.05) is 17.4 Å². The summed E-state index contributed by atoms with van der Waals surface area (Å²) in [4.78, 5) is 1.49. The van der Waals surface area contributed by atoms with Crippen molar-refractivity contribution < 1.29 is 0 Å². The third-order valence-corrected chi connectivity index (χ3v) is 5.45. The first kappa shape index (κ1) is 11.7. The fraction of sp³-hybridized carbons (Fsp3) is 0.500. The Hall–Kier alpha value is 0.210. The molecule has 0 N–H and O–H groups in total. The van der Waals surface area contributed by atoms with Crippen LogP contribution < -0.4 is 0 Å². The highest BCUT2D eigenvalue weighted by atomic mass is 35.5. The summed E-state index contributed by atoms with van der Waals surface area (Å²) in [6.45, 7) is 0. The summed E-state index contributed by atoms with van der Waals surface area (Å²) in [7, 11) is 0. The Morgan fingerprint density at radius 1 is 1.40 bits per heavy atom. The van der Waals surface area contributed by atoms with Crippen molar-refractivity contribution in [3.63, 3.8) is 0 Å². The molecule has 0 radical (unpaired) electrons. The van der Waals surface area contributed by atoms with Gasteiger partial charge in [-0.1, -0.05) is 18.2 Å². The van der Waals surface area contributed by atoms with Gasteiger partial charge in [0.2, 0.25) is 0 Å². The second kappa shape index (κ2) is 6.07. The first-order valence-corrected chi connectivity index (χ1v) is 7.85. The third kappa shape index (κ3) is 3.33. The predicted octanol–water partition coefficient (Wildman–Crippen LogP) is 4.07. The molecule has 0 fully saturated rings. The highest BCUT2D eigenvalue weighted by Crippen LogP contribution is 2.38. The predicted molar refractivity (Wildman–Crippen MR) is 72.5 cm³/mol. The molecule has 1 heterocycles. The molecule has 82 valence electrons. The van der Waals surface area contributed by atoms with Gasteiger partial charge in [0.25, 0.3) is 0 Å². The van der Waals surface area contributed by atoms with E-state index in [2.05, 4.69) is 24.3 Å². The fourth-order valence-electron chi connectivity index (χ4n) is 1.72. The average Bonchev–Trinajstić information content (AvgIpc) is 2.67. The number of thioether (sulfide) groups is 2. The Morgan fingerprint density at radius 3 is 3.07 bits per heavy atom. The fourth-order valence-corrected chi connectivity index (χ4v) is 4.55. The van der Waals surface area contributed by atoms with Crippen molar-refractivity contribution >= 4 is 35.1 Å². The molecule has 1 atom stereocenters. The minimum atomic E-state index is 0.780. The summed E-state index contributed by atoms with van der Waals surface area (Å²) in [5, 5.41) is 0.780. The normalized spacial score (nSPS) is 19.1. The summed E-state index contributed by atoms with van der Waals surface area (Å²) in [6.07, 6.45) is 2.38. The molecule has 3 heteroatoms. The molecule has 1 aromatic carbocycles. The number of benzene rings is 1. The van der Waals surface area contributed by atoms with Crippen molar-refractivity contribution in [3.05, 3.63) is 29.8 Å². The molecule has 0 bridgehead atoms. The molecular formula is C12H15ClS2. The Labute approximate surface area is 105 Å². The standard InChI is InChI=1S/C12H15ClS2/c13-6-3-7-14-9-11-8-10-4-1-2-5-12(10)15-11/h1-2,4-5,11H,3,6-9H2. The van der Waals surface area contributed by atoms with Crippen molar-refractivity contribution in [3.8, 4) is 0 Å². The zero-order valence-electron chi connectivity index (χ0n) is 8.62. The van der Waals surface area contributed by atoms with E-state index in [1.54, 1.807) is 0 Å². The van der Waals surface area contributed by atoms with Gasteiger partial charge in [0.05, 0.1) is 0 Å². The van der Waals surface area contributed by atoms with Crippen LogP contribution in [0.3, 0.4) is 0 Å². The maximum atomic E-state index is 5.65. The van der Waals surface area contributed by atoms with Gasteiger partial charge < -0.3 is 0 Å². The minimum Gasteiger partial charge on any atom is -0.161 e. The van der Waals surface area contributed by atoms with E-state index >= 15 is 0 Å². The second-order valence-corrected chi connectivity index (χ2v) is 6.54. The largest absolute Gasteiger partial charge is 0.161 e. The van der Waals surface area contributed by atoms with Crippen LogP contribution in [0.4, 0.5) is 0 Å². The van der Waals surface area contributed by atoms with Gasteiger partial charge >= 0.3 is 0 Å².